The number of aryl methyl sites for hydroxylation is 2. The summed E-state index contributed by atoms with van der Waals surface area (Å²) in [6.07, 6.45) is 0. The van der Waals surface area contributed by atoms with Gasteiger partial charge in [0.25, 0.3) is 0 Å². The van der Waals surface area contributed by atoms with Crippen molar-refractivity contribution in [3.05, 3.63) is 53.6 Å². The summed E-state index contributed by atoms with van der Waals surface area (Å²) < 4.78 is 0. The van der Waals surface area contributed by atoms with Gasteiger partial charge in [-0.3, -0.25) is 0 Å². The second kappa shape index (κ2) is 4.11. The predicted molar refractivity (Wildman–Crippen MR) is 68.6 cm³/mol. The third kappa shape index (κ3) is 2.24. The van der Waals surface area contributed by atoms with Crippen molar-refractivity contribution in [3.63, 3.8) is 0 Å². The molecule has 0 spiro atoms. The van der Waals surface area contributed by atoms with Gasteiger partial charge in [0, 0.05) is 4.90 Å². The van der Waals surface area contributed by atoms with E-state index in [0.29, 0.717) is 0 Å². The molecule has 2 aromatic carbocycles. The fraction of sp³-hybridized carbons (Fsp3) is 0.143. The lowest BCUT2D eigenvalue weighted by molar-refractivity contribution is 1.31. The first kappa shape index (κ1) is 10.3. The average molecular weight is 214 g/mol. The van der Waals surface area contributed by atoms with E-state index in [2.05, 4.69) is 68.9 Å². The highest BCUT2D eigenvalue weighted by atomic mass is 32.1. The van der Waals surface area contributed by atoms with E-state index in [9.17, 15) is 0 Å². The SMILES string of the molecule is Cc1ccc(-c2ccc(C)c(S)c2)cc1. The molecule has 2 rings (SSSR count). The molecule has 2 aromatic rings. The van der Waals surface area contributed by atoms with Crippen LogP contribution >= 0.6 is 12.6 Å². The van der Waals surface area contributed by atoms with E-state index in [0.717, 1.165) is 4.90 Å². The molecule has 0 saturated carbocycles. The normalized spacial score (nSPS) is 10.3. The number of rotatable bonds is 1. The molecule has 15 heavy (non-hydrogen) atoms. The fourth-order valence-corrected chi connectivity index (χ4v) is 1.75. The van der Waals surface area contributed by atoms with E-state index in [4.69, 9.17) is 0 Å². The fourth-order valence-electron chi connectivity index (χ4n) is 1.53. The van der Waals surface area contributed by atoms with Crippen molar-refractivity contribution in [2.75, 3.05) is 0 Å². The highest BCUT2D eigenvalue weighted by molar-refractivity contribution is 7.80. The molecular formula is C14H14S. The van der Waals surface area contributed by atoms with Gasteiger partial charge in [0.1, 0.15) is 0 Å². The van der Waals surface area contributed by atoms with Crippen LogP contribution in [0.2, 0.25) is 0 Å². The Morgan fingerprint density at radius 3 is 2.00 bits per heavy atom. The third-order valence-corrected chi connectivity index (χ3v) is 3.08. The zero-order valence-corrected chi connectivity index (χ0v) is 9.88. The smallest absolute Gasteiger partial charge is 0.00753 e. The van der Waals surface area contributed by atoms with Crippen LogP contribution in [0.3, 0.4) is 0 Å². The van der Waals surface area contributed by atoms with E-state index in [1.807, 2.05) is 0 Å². The van der Waals surface area contributed by atoms with Crippen LogP contribution in [0.4, 0.5) is 0 Å². The molecule has 0 radical (unpaired) electrons. The minimum absolute atomic E-state index is 1.05. The van der Waals surface area contributed by atoms with Gasteiger partial charge in [0.2, 0.25) is 0 Å². The summed E-state index contributed by atoms with van der Waals surface area (Å²) in [6.45, 7) is 4.17. The van der Waals surface area contributed by atoms with Crippen molar-refractivity contribution < 1.29 is 0 Å². The van der Waals surface area contributed by atoms with Crippen molar-refractivity contribution >= 4 is 12.6 Å². The molecule has 0 saturated heterocycles. The first-order valence-electron chi connectivity index (χ1n) is 5.03. The standard InChI is InChI=1S/C14H14S/c1-10-3-6-12(7-4-10)13-8-5-11(2)14(15)9-13/h3-9,15H,1-2H3. The largest absolute Gasteiger partial charge is 0.143 e. The van der Waals surface area contributed by atoms with Crippen molar-refractivity contribution in [1.29, 1.82) is 0 Å². The van der Waals surface area contributed by atoms with Crippen molar-refractivity contribution in [2.45, 2.75) is 18.7 Å². The van der Waals surface area contributed by atoms with Gasteiger partial charge in [-0.25, -0.2) is 0 Å². The third-order valence-electron chi connectivity index (χ3n) is 2.59. The number of benzene rings is 2. The molecule has 0 unspecified atom stereocenters. The molecule has 1 heteroatoms. The average Bonchev–Trinajstić information content (AvgIpc) is 2.23. The lowest BCUT2D eigenvalue weighted by atomic mass is 10.0. The molecular weight excluding hydrogens is 200 g/mol. The summed E-state index contributed by atoms with van der Waals surface area (Å²) in [5.41, 5.74) is 4.98. The molecule has 0 amide bonds. The monoisotopic (exact) mass is 214 g/mol. The molecule has 0 aliphatic carbocycles. The first-order chi connectivity index (χ1) is 7.16. The summed E-state index contributed by atoms with van der Waals surface area (Å²) in [6, 6.07) is 14.9. The maximum absolute atomic E-state index is 4.44. The minimum Gasteiger partial charge on any atom is -0.143 e. The van der Waals surface area contributed by atoms with Gasteiger partial charge in [0.15, 0.2) is 0 Å². The maximum Gasteiger partial charge on any atom is 0.00753 e. The minimum atomic E-state index is 1.05. The molecule has 0 fully saturated rings. The Bertz CT molecular complexity index is 469. The van der Waals surface area contributed by atoms with Gasteiger partial charge in [-0.2, -0.15) is 0 Å². The van der Waals surface area contributed by atoms with E-state index in [-0.39, 0.29) is 0 Å². The Balaban J connectivity index is 2.45. The van der Waals surface area contributed by atoms with Crippen LogP contribution in [-0.4, -0.2) is 0 Å². The number of hydrogen-bond donors (Lipinski definition) is 1. The van der Waals surface area contributed by atoms with Gasteiger partial charge < -0.3 is 0 Å². The molecule has 0 N–H and O–H groups in total. The van der Waals surface area contributed by atoms with Crippen LogP contribution < -0.4 is 0 Å². The second-order valence-electron chi connectivity index (χ2n) is 3.87. The molecule has 0 heterocycles. The Kier molecular flexibility index (Phi) is 2.83. The molecule has 0 aromatic heterocycles. The van der Waals surface area contributed by atoms with E-state index in [1.54, 1.807) is 0 Å². The van der Waals surface area contributed by atoms with Gasteiger partial charge in [0.05, 0.1) is 0 Å². The Hall–Kier alpha value is -1.21. The van der Waals surface area contributed by atoms with Gasteiger partial charge >= 0.3 is 0 Å². The Morgan fingerprint density at radius 1 is 0.800 bits per heavy atom. The molecule has 0 atom stereocenters. The lowest BCUT2D eigenvalue weighted by Crippen LogP contribution is -1.81. The van der Waals surface area contributed by atoms with E-state index >= 15 is 0 Å². The van der Waals surface area contributed by atoms with Crippen LogP contribution in [0.15, 0.2) is 47.4 Å². The molecule has 0 aliphatic heterocycles. The quantitative estimate of drug-likeness (QED) is 0.674. The highest BCUT2D eigenvalue weighted by Gasteiger charge is 1.99. The predicted octanol–water partition coefficient (Wildman–Crippen LogP) is 4.26. The molecule has 76 valence electrons. The molecule has 0 aliphatic rings. The van der Waals surface area contributed by atoms with Crippen LogP contribution in [-0.2, 0) is 0 Å². The summed E-state index contributed by atoms with van der Waals surface area (Å²) in [7, 11) is 0. The van der Waals surface area contributed by atoms with Gasteiger partial charge in [-0.05, 0) is 36.6 Å². The van der Waals surface area contributed by atoms with Gasteiger partial charge in [-0.15, -0.1) is 12.6 Å². The van der Waals surface area contributed by atoms with Crippen LogP contribution in [0.25, 0.3) is 11.1 Å². The topological polar surface area (TPSA) is 0 Å². The lowest BCUT2D eigenvalue weighted by Gasteiger charge is -2.05. The molecule has 0 bridgehead atoms. The Labute approximate surface area is 96.4 Å². The second-order valence-corrected chi connectivity index (χ2v) is 4.35. The summed E-state index contributed by atoms with van der Waals surface area (Å²) in [5.74, 6) is 0. The van der Waals surface area contributed by atoms with Crippen molar-refractivity contribution in [1.82, 2.24) is 0 Å². The summed E-state index contributed by atoms with van der Waals surface area (Å²) >= 11 is 4.44. The maximum atomic E-state index is 4.44. The molecule has 0 nitrogen and oxygen atoms in total. The first-order valence-corrected chi connectivity index (χ1v) is 5.48. The van der Waals surface area contributed by atoms with E-state index in [1.165, 1.54) is 22.3 Å². The van der Waals surface area contributed by atoms with Crippen molar-refractivity contribution in [2.24, 2.45) is 0 Å². The zero-order chi connectivity index (χ0) is 10.8. The van der Waals surface area contributed by atoms with E-state index < -0.39 is 0 Å². The zero-order valence-electron chi connectivity index (χ0n) is 8.99. The number of hydrogen-bond acceptors (Lipinski definition) is 1. The van der Waals surface area contributed by atoms with Gasteiger partial charge in [-0.1, -0.05) is 42.0 Å². The van der Waals surface area contributed by atoms with Crippen molar-refractivity contribution in [3.8, 4) is 11.1 Å². The highest BCUT2D eigenvalue weighted by Crippen LogP contribution is 2.24. The Morgan fingerprint density at radius 2 is 1.40 bits per heavy atom. The van der Waals surface area contributed by atoms with Crippen LogP contribution in [0, 0.1) is 13.8 Å². The summed E-state index contributed by atoms with van der Waals surface area (Å²) in [5, 5.41) is 0. The number of thiol groups is 1. The summed E-state index contributed by atoms with van der Waals surface area (Å²) in [4.78, 5) is 1.05. The van der Waals surface area contributed by atoms with Crippen LogP contribution in [0.5, 0.6) is 0 Å². The van der Waals surface area contributed by atoms with Crippen LogP contribution in [0.1, 0.15) is 11.1 Å².